The second kappa shape index (κ2) is 5.04. The van der Waals surface area contributed by atoms with Crippen molar-refractivity contribution in [1.29, 1.82) is 0 Å². The van der Waals surface area contributed by atoms with Crippen molar-refractivity contribution in [3.63, 3.8) is 0 Å². The van der Waals surface area contributed by atoms with Gasteiger partial charge in [-0.25, -0.2) is 9.50 Å². The summed E-state index contributed by atoms with van der Waals surface area (Å²) in [5, 5.41) is 11.8. The van der Waals surface area contributed by atoms with Gasteiger partial charge in [-0.05, 0) is 29.9 Å². The Kier molecular flexibility index (Phi) is 3.10. The van der Waals surface area contributed by atoms with Crippen molar-refractivity contribution in [1.82, 2.24) is 28.9 Å². The smallest absolute Gasteiger partial charge is 0.273 e. The fourth-order valence-electron chi connectivity index (χ4n) is 2.61. The summed E-state index contributed by atoms with van der Waals surface area (Å²) in [6.07, 6.45) is 1.75. The lowest BCUT2D eigenvalue weighted by molar-refractivity contribution is 0.753. The Balaban J connectivity index is 2.04. The second-order valence-electron chi connectivity index (χ2n) is 5.22. The molecule has 0 spiro atoms. The lowest BCUT2D eigenvalue weighted by Crippen LogP contribution is -2.24. The number of aromatic amines is 1. The first-order chi connectivity index (χ1) is 11.0. The molecule has 7 nitrogen and oxygen atoms in total. The molecule has 9 heteroatoms. The van der Waals surface area contributed by atoms with Crippen molar-refractivity contribution in [2.45, 2.75) is 6.54 Å². The maximum absolute atomic E-state index is 12.8. The highest BCUT2D eigenvalue weighted by Gasteiger charge is 2.16. The highest BCUT2D eigenvalue weighted by Crippen LogP contribution is 2.14. The van der Waals surface area contributed by atoms with Crippen LogP contribution in [0.25, 0.3) is 16.8 Å². The van der Waals surface area contributed by atoms with Crippen LogP contribution in [0.5, 0.6) is 0 Å². The summed E-state index contributed by atoms with van der Waals surface area (Å²) in [5.74, 6) is 0.454. The van der Waals surface area contributed by atoms with E-state index in [1.165, 1.54) is 0 Å². The highest BCUT2D eigenvalue weighted by atomic mass is 35.5. The minimum atomic E-state index is -0.211. The van der Waals surface area contributed by atoms with Gasteiger partial charge in [-0.3, -0.25) is 14.0 Å². The lowest BCUT2D eigenvalue weighted by atomic mass is 10.2. The van der Waals surface area contributed by atoms with Gasteiger partial charge in [0.1, 0.15) is 5.52 Å². The summed E-state index contributed by atoms with van der Waals surface area (Å²) in [6, 6.07) is 7.31. The largest absolute Gasteiger partial charge is 0.283 e. The van der Waals surface area contributed by atoms with E-state index in [9.17, 15) is 4.79 Å². The normalized spacial score (nSPS) is 11.6. The van der Waals surface area contributed by atoms with E-state index in [2.05, 4.69) is 15.3 Å². The average Bonchev–Trinajstić information content (AvgIpc) is 3.08. The SMILES string of the molecule is Cn1cc2c(n1)c(=O)n(Cc1ccc(Cl)cc1)c1n[nH]c(=S)n21. The predicted molar refractivity (Wildman–Crippen MR) is 89.5 cm³/mol. The van der Waals surface area contributed by atoms with Crippen molar-refractivity contribution in [2.24, 2.45) is 7.05 Å². The summed E-state index contributed by atoms with van der Waals surface area (Å²) >= 11 is 11.2. The zero-order valence-corrected chi connectivity index (χ0v) is 13.6. The van der Waals surface area contributed by atoms with Crippen LogP contribution in [0.3, 0.4) is 0 Å². The van der Waals surface area contributed by atoms with E-state index in [1.807, 2.05) is 12.1 Å². The van der Waals surface area contributed by atoms with Gasteiger partial charge in [0.05, 0.1) is 6.54 Å². The van der Waals surface area contributed by atoms with Crippen LogP contribution in [0.4, 0.5) is 0 Å². The van der Waals surface area contributed by atoms with Gasteiger partial charge < -0.3 is 0 Å². The maximum Gasteiger partial charge on any atom is 0.283 e. The molecule has 3 heterocycles. The summed E-state index contributed by atoms with van der Waals surface area (Å²) < 4.78 is 5.27. The number of fused-ring (bicyclic) bond motifs is 3. The fraction of sp³-hybridized carbons (Fsp3) is 0.143. The van der Waals surface area contributed by atoms with E-state index in [4.69, 9.17) is 23.8 Å². The van der Waals surface area contributed by atoms with Crippen LogP contribution in [0.1, 0.15) is 5.56 Å². The fourth-order valence-corrected chi connectivity index (χ4v) is 2.96. The number of rotatable bonds is 2. The summed E-state index contributed by atoms with van der Waals surface area (Å²) in [4.78, 5) is 12.8. The van der Waals surface area contributed by atoms with Gasteiger partial charge in [-0.15, -0.1) is 5.10 Å². The molecule has 0 aliphatic rings. The third-order valence-corrected chi connectivity index (χ3v) is 4.17. The molecule has 0 aliphatic carbocycles. The quantitative estimate of drug-likeness (QED) is 0.564. The third-order valence-electron chi connectivity index (χ3n) is 3.65. The zero-order valence-electron chi connectivity index (χ0n) is 12.0. The van der Waals surface area contributed by atoms with Crippen LogP contribution in [-0.4, -0.2) is 28.9 Å². The van der Waals surface area contributed by atoms with Crippen LogP contribution in [0.2, 0.25) is 5.02 Å². The lowest BCUT2D eigenvalue weighted by Gasteiger charge is -2.08. The van der Waals surface area contributed by atoms with Gasteiger partial charge in [-0.2, -0.15) is 5.10 Å². The van der Waals surface area contributed by atoms with Gasteiger partial charge >= 0.3 is 0 Å². The Hall–Kier alpha value is -2.45. The number of nitrogens with one attached hydrogen (secondary N) is 1. The number of aryl methyl sites for hydroxylation is 1. The van der Waals surface area contributed by atoms with Crippen LogP contribution >= 0.6 is 23.8 Å². The monoisotopic (exact) mass is 346 g/mol. The Labute approximate surface area is 139 Å². The Morgan fingerprint density at radius 2 is 2.04 bits per heavy atom. The highest BCUT2D eigenvalue weighted by molar-refractivity contribution is 7.71. The predicted octanol–water partition coefficient (Wildman–Crippen LogP) is 2.14. The van der Waals surface area contributed by atoms with Crippen LogP contribution in [0, 0.1) is 4.77 Å². The zero-order chi connectivity index (χ0) is 16.1. The average molecular weight is 347 g/mol. The molecular formula is C14H11ClN6OS. The van der Waals surface area contributed by atoms with E-state index < -0.39 is 0 Å². The summed E-state index contributed by atoms with van der Waals surface area (Å²) in [6.45, 7) is 0.353. The molecule has 0 atom stereocenters. The van der Waals surface area contributed by atoms with E-state index in [0.717, 1.165) is 5.56 Å². The minimum absolute atomic E-state index is 0.211. The van der Waals surface area contributed by atoms with E-state index >= 15 is 0 Å². The van der Waals surface area contributed by atoms with Crippen molar-refractivity contribution < 1.29 is 0 Å². The molecule has 23 heavy (non-hydrogen) atoms. The molecule has 0 saturated carbocycles. The van der Waals surface area contributed by atoms with Crippen LogP contribution < -0.4 is 5.56 Å². The summed E-state index contributed by atoms with van der Waals surface area (Å²) in [5.41, 5.74) is 1.71. The van der Waals surface area contributed by atoms with Crippen molar-refractivity contribution >= 4 is 40.6 Å². The van der Waals surface area contributed by atoms with Gasteiger partial charge in [0, 0.05) is 18.3 Å². The molecule has 1 N–H and O–H groups in total. The number of nitrogens with zero attached hydrogens (tertiary/aromatic N) is 5. The van der Waals surface area contributed by atoms with E-state index in [1.54, 1.807) is 39.0 Å². The van der Waals surface area contributed by atoms with E-state index in [-0.39, 0.29) is 5.56 Å². The first-order valence-corrected chi connectivity index (χ1v) is 7.61. The molecular weight excluding hydrogens is 336 g/mol. The first-order valence-electron chi connectivity index (χ1n) is 6.82. The van der Waals surface area contributed by atoms with Crippen molar-refractivity contribution in [3.8, 4) is 0 Å². The number of aromatic nitrogens is 6. The summed E-state index contributed by atoms with van der Waals surface area (Å²) in [7, 11) is 1.76. The number of H-pyrrole nitrogens is 1. The first kappa shape index (κ1) is 14.2. The topological polar surface area (TPSA) is 72.9 Å². The van der Waals surface area contributed by atoms with Crippen molar-refractivity contribution in [2.75, 3.05) is 0 Å². The molecule has 4 aromatic rings. The van der Waals surface area contributed by atoms with Gasteiger partial charge in [-0.1, -0.05) is 23.7 Å². The second-order valence-corrected chi connectivity index (χ2v) is 6.04. The van der Waals surface area contributed by atoms with Crippen molar-refractivity contribution in [3.05, 3.63) is 56.2 Å². The molecule has 0 bridgehead atoms. The maximum atomic E-state index is 12.8. The van der Waals surface area contributed by atoms with Crippen LogP contribution in [0.15, 0.2) is 35.3 Å². The number of hydrogen-bond acceptors (Lipinski definition) is 4. The number of benzene rings is 1. The number of hydrogen-bond donors (Lipinski definition) is 1. The van der Waals surface area contributed by atoms with Gasteiger partial charge in [0.2, 0.25) is 10.5 Å². The molecule has 116 valence electrons. The molecule has 0 radical (unpaired) electrons. The molecule has 0 aliphatic heterocycles. The number of halogens is 1. The molecule has 0 unspecified atom stereocenters. The standard InChI is InChI=1S/C14H11ClN6OS/c1-19-7-10-11(18-19)12(22)20(13-16-17-14(23)21(10)13)6-8-2-4-9(15)5-3-8/h2-5,7H,6H2,1H3,(H,17,23). The molecule has 1 aromatic carbocycles. The van der Waals surface area contributed by atoms with E-state index in [0.29, 0.717) is 33.1 Å². The van der Waals surface area contributed by atoms with Gasteiger partial charge in [0.25, 0.3) is 5.56 Å². The minimum Gasteiger partial charge on any atom is -0.273 e. The van der Waals surface area contributed by atoms with Gasteiger partial charge in [0.15, 0.2) is 5.52 Å². The third kappa shape index (κ3) is 2.18. The Bertz CT molecular complexity index is 1150. The Morgan fingerprint density at radius 3 is 2.78 bits per heavy atom. The molecule has 0 amide bonds. The molecule has 0 saturated heterocycles. The molecule has 0 fully saturated rings. The molecule has 3 aromatic heterocycles. The molecule has 4 rings (SSSR count). The Morgan fingerprint density at radius 1 is 1.30 bits per heavy atom. The van der Waals surface area contributed by atoms with Crippen LogP contribution in [-0.2, 0) is 13.6 Å².